The van der Waals surface area contributed by atoms with Crippen LogP contribution >= 0.6 is 0 Å². The monoisotopic (exact) mass is 793 g/mol. The summed E-state index contributed by atoms with van der Waals surface area (Å²) in [5.74, 6) is -2.60. The van der Waals surface area contributed by atoms with Crippen molar-refractivity contribution in [3.05, 3.63) is 60.2 Å². The van der Waals surface area contributed by atoms with Gasteiger partial charge in [-0.05, 0) is 72.6 Å². The summed E-state index contributed by atoms with van der Waals surface area (Å²) in [6.07, 6.45) is 5.66. The number of hydrogen-bond donors (Lipinski definition) is 4. The molecule has 2 aliphatic carbocycles. The number of sulfone groups is 1. The van der Waals surface area contributed by atoms with Crippen LogP contribution in [0, 0.1) is 23.2 Å². The molecule has 13 nitrogen and oxygen atoms in total. The van der Waals surface area contributed by atoms with Crippen LogP contribution in [0.15, 0.2) is 59.5 Å². The lowest BCUT2D eigenvalue weighted by atomic mass is 9.83. The molecule has 2 aromatic rings. The average molecular weight is 794 g/mol. The minimum absolute atomic E-state index is 0.0316. The van der Waals surface area contributed by atoms with Crippen LogP contribution in [0.3, 0.4) is 0 Å². The smallest absolute Gasteiger partial charge is 0.315 e. The number of ketones is 1. The number of benzene rings is 2. The quantitative estimate of drug-likeness (QED) is 0.176. The van der Waals surface area contributed by atoms with Gasteiger partial charge in [-0.2, -0.15) is 0 Å². The fraction of sp³-hybridized carbons (Fsp3) is 0.595. The Kier molecular flexibility index (Phi) is 13.5. The van der Waals surface area contributed by atoms with Crippen molar-refractivity contribution in [2.75, 3.05) is 12.3 Å². The molecule has 306 valence electrons. The molecule has 1 saturated heterocycles. The van der Waals surface area contributed by atoms with Gasteiger partial charge < -0.3 is 31.3 Å². The Bertz CT molecular complexity index is 1850. The van der Waals surface area contributed by atoms with E-state index >= 15 is 0 Å². The van der Waals surface area contributed by atoms with E-state index < -0.39 is 68.5 Å². The van der Waals surface area contributed by atoms with E-state index in [-0.39, 0.29) is 41.6 Å². The predicted molar refractivity (Wildman–Crippen MR) is 212 cm³/mol. The highest BCUT2D eigenvalue weighted by Crippen LogP contribution is 2.36. The number of hydrogen-bond acceptors (Lipinski definition) is 8. The molecule has 5 rings (SSSR count). The summed E-state index contributed by atoms with van der Waals surface area (Å²) in [5, 5.41) is 8.63. The molecule has 4 atom stereocenters. The molecule has 5 amide bonds. The molecule has 3 fully saturated rings. The van der Waals surface area contributed by atoms with E-state index in [0.717, 1.165) is 37.7 Å². The molecule has 0 aromatic heterocycles. The molecule has 3 aliphatic rings. The fourth-order valence-electron chi connectivity index (χ4n) is 7.90. The molecule has 1 heterocycles. The van der Waals surface area contributed by atoms with Crippen LogP contribution < -0.4 is 26.4 Å². The number of nitrogens with zero attached hydrogens (tertiary/aromatic N) is 1. The Morgan fingerprint density at radius 2 is 1.62 bits per heavy atom. The highest BCUT2D eigenvalue weighted by atomic mass is 32.2. The molecule has 14 heteroatoms. The summed E-state index contributed by atoms with van der Waals surface area (Å²) in [5.41, 5.74) is 4.37. The fourth-order valence-corrected chi connectivity index (χ4v) is 9.74. The summed E-state index contributed by atoms with van der Waals surface area (Å²) < 4.78 is 33.9. The van der Waals surface area contributed by atoms with E-state index in [9.17, 15) is 32.4 Å². The number of nitrogens with one attached hydrogen (secondary N) is 3. The van der Waals surface area contributed by atoms with Crippen LogP contribution in [0.5, 0.6) is 5.75 Å². The molecule has 0 bridgehead atoms. The maximum Gasteiger partial charge on any atom is 0.315 e. The number of likely N-dealkylation sites (tertiary alicyclic amines) is 1. The van der Waals surface area contributed by atoms with Gasteiger partial charge in [0, 0.05) is 6.54 Å². The highest BCUT2D eigenvalue weighted by Gasteiger charge is 2.47. The van der Waals surface area contributed by atoms with Crippen molar-refractivity contribution in [2.45, 2.75) is 128 Å². The third-order valence-electron chi connectivity index (χ3n) is 11.5. The van der Waals surface area contributed by atoms with Crippen LogP contribution in [-0.2, 0) is 35.6 Å². The van der Waals surface area contributed by atoms with E-state index in [1.165, 1.54) is 17.0 Å². The summed E-state index contributed by atoms with van der Waals surface area (Å²) in [6, 6.07) is 12.2. The third-order valence-corrected chi connectivity index (χ3v) is 13.4. The van der Waals surface area contributed by atoms with E-state index in [2.05, 4.69) is 16.0 Å². The van der Waals surface area contributed by atoms with Crippen molar-refractivity contribution in [3.8, 4) is 5.75 Å². The van der Waals surface area contributed by atoms with Gasteiger partial charge in [-0.3, -0.25) is 19.2 Å². The third kappa shape index (κ3) is 11.1. The highest BCUT2D eigenvalue weighted by molar-refractivity contribution is 7.91. The number of urea groups is 1. The van der Waals surface area contributed by atoms with Crippen LogP contribution in [0.2, 0.25) is 0 Å². The minimum atomic E-state index is -3.91. The average Bonchev–Trinajstić information content (AvgIpc) is 3.85. The van der Waals surface area contributed by atoms with Crippen molar-refractivity contribution >= 4 is 39.4 Å². The number of carbonyl (C=O) groups excluding carboxylic acids is 5. The Morgan fingerprint density at radius 3 is 2.23 bits per heavy atom. The van der Waals surface area contributed by atoms with E-state index in [1.54, 1.807) is 12.1 Å². The zero-order valence-corrected chi connectivity index (χ0v) is 34.2. The molecule has 5 N–H and O–H groups in total. The lowest BCUT2D eigenvalue weighted by molar-refractivity contribution is -0.143. The molecule has 2 saturated carbocycles. The van der Waals surface area contributed by atoms with Crippen LogP contribution in [-0.4, -0.2) is 78.8 Å². The van der Waals surface area contributed by atoms with Gasteiger partial charge in [0.15, 0.2) is 9.84 Å². The van der Waals surface area contributed by atoms with Crippen LogP contribution in [0.25, 0.3) is 0 Å². The molecule has 1 aliphatic heterocycles. The van der Waals surface area contributed by atoms with E-state index in [0.29, 0.717) is 31.4 Å². The van der Waals surface area contributed by atoms with Crippen molar-refractivity contribution in [1.82, 2.24) is 20.9 Å². The molecule has 2 aromatic carbocycles. The maximum absolute atomic E-state index is 14.5. The van der Waals surface area contributed by atoms with Gasteiger partial charge in [0.05, 0.1) is 22.2 Å². The Morgan fingerprint density at radius 1 is 0.946 bits per heavy atom. The van der Waals surface area contributed by atoms with Crippen molar-refractivity contribution in [2.24, 2.45) is 28.9 Å². The number of amides is 5. The summed E-state index contributed by atoms with van der Waals surface area (Å²) in [6.45, 7) is 10.00. The zero-order valence-electron chi connectivity index (χ0n) is 33.3. The number of rotatable bonds is 16. The van der Waals surface area contributed by atoms with Gasteiger partial charge in [-0.25, -0.2) is 13.2 Å². The van der Waals surface area contributed by atoms with E-state index in [1.807, 2.05) is 65.0 Å². The topological polar surface area (TPSA) is 194 Å². The Hall–Kier alpha value is -4.46. The second-order valence-corrected chi connectivity index (χ2v) is 19.5. The number of nitrogens with two attached hydrogens (primary N) is 1. The zero-order chi connectivity index (χ0) is 40.8. The molecular formula is C42H59N5O8S. The number of ether oxygens (including phenoxy) is 1. The Labute approximate surface area is 331 Å². The predicted octanol–water partition coefficient (Wildman–Crippen LogP) is 4.67. The Balaban J connectivity index is 1.32. The van der Waals surface area contributed by atoms with Gasteiger partial charge in [-0.15, -0.1) is 0 Å². The number of primary amides is 1. The van der Waals surface area contributed by atoms with Crippen molar-refractivity contribution < 1.29 is 37.1 Å². The lowest BCUT2D eigenvalue weighted by Gasteiger charge is -2.40. The maximum atomic E-state index is 14.5. The normalized spacial score (nSPS) is 20.8. The van der Waals surface area contributed by atoms with Gasteiger partial charge >= 0.3 is 6.03 Å². The van der Waals surface area contributed by atoms with E-state index in [4.69, 9.17) is 10.5 Å². The van der Waals surface area contributed by atoms with Crippen LogP contribution in [0.1, 0.15) is 98.0 Å². The first-order chi connectivity index (χ1) is 26.4. The standard InChI is InChI=1S/C42H59N5O8S/c1-27(2)30-22-34(38(50)44-33(21-28-17-18-28)35(48)37(43)49)47(24-30)39(51)36(41(3,4)5)45-40(52)46-42(19-10-7-11-20-42)26-56(53,54)32-16-12-15-31(23-32)55-25-29-13-8-6-9-14-29/h6,8-9,12-16,23,27-28,30,33-34,36H,7,10-11,17-22,24-26H2,1-5H3,(H2,43,49)(H,44,50)(H2,45,46,52)/t30?,33?,34-,36+/m0/s1. The summed E-state index contributed by atoms with van der Waals surface area (Å²) >= 11 is 0. The number of Topliss-reactive ketones (excluding diaryl/α,β-unsaturated/α-hetero) is 1. The first kappa shape index (κ1) is 42.7. The SMILES string of the molecule is CC(C)C1C[C@@H](C(=O)NC(CC2CC2)C(=O)C(N)=O)N(C(=O)[C@@H](NC(=O)NC2(CS(=O)(=O)c3cccc(OCc4ccccc4)c3)CCCCC2)C(C)(C)C)C1. The second kappa shape index (κ2) is 17.8. The van der Waals surface area contributed by atoms with Gasteiger partial charge in [-0.1, -0.05) is 103 Å². The van der Waals surface area contributed by atoms with Crippen molar-refractivity contribution in [3.63, 3.8) is 0 Å². The molecule has 0 radical (unpaired) electrons. The molecule has 56 heavy (non-hydrogen) atoms. The van der Waals surface area contributed by atoms with Gasteiger partial charge in [0.25, 0.3) is 5.91 Å². The largest absolute Gasteiger partial charge is 0.489 e. The lowest BCUT2D eigenvalue weighted by Crippen LogP contribution is -2.63. The molecule has 2 unspecified atom stereocenters. The number of carbonyl (C=O) groups is 5. The minimum Gasteiger partial charge on any atom is -0.489 e. The first-order valence-corrected chi connectivity index (χ1v) is 21.6. The molecular weight excluding hydrogens is 735 g/mol. The van der Waals surface area contributed by atoms with Gasteiger partial charge in [0.2, 0.25) is 17.6 Å². The van der Waals surface area contributed by atoms with Crippen LogP contribution in [0.4, 0.5) is 4.79 Å². The summed E-state index contributed by atoms with van der Waals surface area (Å²) in [4.78, 5) is 68.5. The molecule has 0 spiro atoms. The van der Waals surface area contributed by atoms with Crippen molar-refractivity contribution in [1.29, 1.82) is 0 Å². The summed E-state index contributed by atoms with van der Waals surface area (Å²) in [7, 11) is -3.91. The van der Waals surface area contributed by atoms with Gasteiger partial charge in [0.1, 0.15) is 24.4 Å². The first-order valence-electron chi connectivity index (χ1n) is 19.9. The second-order valence-electron chi connectivity index (χ2n) is 17.5.